The lowest BCUT2D eigenvalue weighted by atomic mass is 10.1. The van der Waals surface area contributed by atoms with Crippen LogP contribution in [-0.2, 0) is 17.8 Å². The summed E-state index contributed by atoms with van der Waals surface area (Å²) in [7, 11) is 0. The van der Waals surface area contributed by atoms with Crippen molar-refractivity contribution < 1.29 is 9.53 Å². The van der Waals surface area contributed by atoms with E-state index in [1.54, 1.807) is 0 Å². The Labute approximate surface area is 139 Å². The number of ether oxygens (including phenoxy) is 1. The minimum atomic E-state index is -0.00217. The molecule has 0 radical (unpaired) electrons. The first-order valence-electron chi connectivity index (χ1n) is 7.29. The van der Waals surface area contributed by atoms with Gasteiger partial charge in [-0.25, -0.2) is 0 Å². The summed E-state index contributed by atoms with van der Waals surface area (Å²) in [6, 6.07) is 15.9. The maximum Gasteiger partial charge on any atom is 0.224 e. The average Bonchev–Trinajstić information content (AvgIpc) is 2.46. The van der Waals surface area contributed by atoms with Crippen LogP contribution in [0.5, 0.6) is 5.75 Å². The molecule has 4 heteroatoms. The SMILES string of the molecule is CC(C)NC(=O)Cc1cc(Br)ccc1OCc1ccccc1. The minimum absolute atomic E-state index is 0.00217. The molecule has 2 aromatic rings. The molecule has 0 fully saturated rings. The maximum atomic E-state index is 12.0. The molecule has 22 heavy (non-hydrogen) atoms. The molecule has 2 aromatic carbocycles. The van der Waals surface area contributed by atoms with Gasteiger partial charge in [0.05, 0.1) is 6.42 Å². The molecule has 0 saturated carbocycles. The summed E-state index contributed by atoms with van der Waals surface area (Å²) in [5.41, 5.74) is 1.98. The van der Waals surface area contributed by atoms with Gasteiger partial charge in [0.25, 0.3) is 0 Å². The van der Waals surface area contributed by atoms with Crippen LogP contribution < -0.4 is 10.1 Å². The van der Waals surface area contributed by atoms with Crippen molar-refractivity contribution in [1.29, 1.82) is 0 Å². The van der Waals surface area contributed by atoms with Gasteiger partial charge in [-0.1, -0.05) is 46.3 Å². The van der Waals surface area contributed by atoms with Crippen molar-refractivity contribution in [3.63, 3.8) is 0 Å². The molecule has 0 spiro atoms. The lowest BCUT2D eigenvalue weighted by Crippen LogP contribution is -2.31. The van der Waals surface area contributed by atoms with Gasteiger partial charge in [-0.15, -0.1) is 0 Å². The van der Waals surface area contributed by atoms with Crippen LogP contribution in [0.2, 0.25) is 0 Å². The van der Waals surface area contributed by atoms with Crippen molar-refractivity contribution in [1.82, 2.24) is 5.32 Å². The molecule has 0 atom stereocenters. The highest BCUT2D eigenvalue weighted by atomic mass is 79.9. The second-order valence-corrected chi connectivity index (χ2v) is 6.34. The van der Waals surface area contributed by atoms with Gasteiger partial charge in [0.15, 0.2) is 0 Å². The third kappa shape index (κ3) is 5.19. The van der Waals surface area contributed by atoms with Gasteiger partial charge < -0.3 is 10.1 Å². The van der Waals surface area contributed by atoms with Gasteiger partial charge in [0.2, 0.25) is 5.91 Å². The van der Waals surface area contributed by atoms with E-state index in [1.807, 2.05) is 62.4 Å². The second kappa shape index (κ2) is 7.99. The van der Waals surface area contributed by atoms with E-state index < -0.39 is 0 Å². The summed E-state index contributed by atoms with van der Waals surface area (Å²) in [5, 5.41) is 2.90. The lowest BCUT2D eigenvalue weighted by Gasteiger charge is -2.13. The quantitative estimate of drug-likeness (QED) is 0.841. The molecule has 0 aliphatic rings. The highest BCUT2D eigenvalue weighted by molar-refractivity contribution is 9.10. The molecule has 0 aliphatic carbocycles. The molecular formula is C18H20BrNO2. The standard InChI is InChI=1S/C18H20BrNO2/c1-13(2)20-18(21)11-15-10-16(19)8-9-17(15)22-12-14-6-4-3-5-7-14/h3-10,13H,11-12H2,1-2H3,(H,20,21). The Morgan fingerprint density at radius 2 is 1.91 bits per heavy atom. The fourth-order valence-electron chi connectivity index (χ4n) is 2.11. The molecule has 0 saturated heterocycles. The first-order valence-corrected chi connectivity index (χ1v) is 8.08. The molecule has 0 unspecified atom stereocenters. The van der Waals surface area contributed by atoms with E-state index in [0.29, 0.717) is 13.0 Å². The van der Waals surface area contributed by atoms with E-state index in [9.17, 15) is 4.79 Å². The lowest BCUT2D eigenvalue weighted by molar-refractivity contribution is -0.120. The number of nitrogens with one attached hydrogen (secondary N) is 1. The zero-order valence-electron chi connectivity index (χ0n) is 12.8. The maximum absolute atomic E-state index is 12.0. The van der Waals surface area contributed by atoms with Crippen LogP contribution in [0.3, 0.4) is 0 Å². The van der Waals surface area contributed by atoms with Gasteiger partial charge >= 0.3 is 0 Å². The van der Waals surface area contributed by atoms with E-state index in [-0.39, 0.29) is 11.9 Å². The Bertz CT molecular complexity index is 626. The van der Waals surface area contributed by atoms with Crippen LogP contribution in [0.25, 0.3) is 0 Å². The monoisotopic (exact) mass is 361 g/mol. The molecule has 0 bridgehead atoms. The molecule has 2 rings (SSSR count). The largest absolute Gasteiger partial charge is 0.489 e. The van der Waals surface area contributed by atoms with E-state index in [1.165, 1.54) is 0 Å². The number of benzene rings is 2. The number of rotatable bonds is 6. The zero-order valence-corrected chi connectivity index (χ0v) is 14.4. The van der Waals surface area contributed by atoms with Gasteiger partial charge in [-0.2, -0.15) is 0 Å². The minimum Gasteiger partial charge on any atom is -0.489 e. The van der Waals surface area contributed by atoms with Gasteiger partial charge in [-0.05, 0) is 37.6 Å². The fraction of sp³-hybridized carbons (Fsp3) is 0.278. The fourth-order valence-corrected chi connectivity index (χ4v) is 2.52. The van der Waals surface area contributed by atoms with E-state index in [4.69, 9.17) is 4.74 Å². The van der Waals surface area contributed by atoms with Crippen molar-refractivity contribution in [2.24, 2.45) is 0 Å². The van der Waals surface area contributed by atoms with Crippen molar-refractivity contribution in [3.8, 4) is 5.75 Å². The van der Waals surface area contributed by atoms with Gasteiger partial charge in [-0.3, -0.25) is 4.79 Å². The molecule has 0 heterocycles. The van der Waals surface area contributed by atoms with Crippen LogP contribution in [0.1, 0.15) is 25.0 Å². The predicted molar refractivity (Wildman–Crippen MR) is 91.9 cm³/mol. The summed E-state index contributed by atoms with van der Waals surface area (Å²) in [5.74, 6) is 0.739. The Kier molecular flexibility index (Phi) is 6.01. The van der Waals surface area contributed by atoms with Crippen LogP contribution in [-0.4, -0.2) is 11.9 Å². The van der Waals surface area contributed by atoms with E-state index in [0.717, 1.165) is 21.3 Å². The summed E-state index contributed by atoms with van der Waals surface area (Å²) >= 11 is 3.45. The highest BCUT2D eigenvalue weighted by Crippen LogP contribution is 2.24. The van der Waals surface area contributed by atoms with Gasteiger partial charge in [0.1, 0.15) is 12.4 Å². The van der Waals surface area contributed by atoms with Crippen molar-refractivity contribution in [3.05, 3.63) is 64.1 Å². The molecule has 1 N–H and O–H groups in total. The Morgan fingerprint density at radius 3 is 2.59 bits per heavy atom. The summed E-state index contributed by atoms with van der Waals surface area (Å²) < 4.78 is 6.82. The van der Waals surface area contributed by atoms with Crippen LogP contribution in [0, 0.1) is 0 Å². The summed E-state index contributed by atoms with van der Waals surface area (Å²) in [6.45, 7) is 4.39. The molecule has 3 nitrogen and oxygen atoms in total. The third-order valence-electron chi connectivity index (χ3n) is 3.06. The van der Waals surface area contributed by atoms with Crippen molar-refractivity contribution in [2.45, 2.75) is 32.9 Å². The number of carbonyl (C=O) groups is 1. The molecular weight excluding hydrogens is 342 g/mol. The number of hydrogen-bond donors (Lipinski definition) is 1. The first-order chi connectivity index (χ1) is 10.5. The third-order valence-corrected chi connectivity index (χ3v) is 3.55. The topological polar surface area (TPSA) is 38.3 Å². The van der Waals surface area contributed by atoms with Crippen molar-refractivity contribution in [2.75, 3.05) is 0 Å². The normalized spacial score (nSPS) is 10.5. The molecule has 1 amide bonds. The molecule has 0 aromatic heterocycles. The number of carbonyl (C=O) groups excluding carboxylic acids is 1. The smallest absolute Gasteiger partial charge is 0.224 e. The second-order valence-electron chi connectivity index (χ2n) is 5.43. The van der Waals surface area contributed by atoms with Crippen LogP contribution in [0.4, 0.5) is 0 Å². The highest BCUT2D eigenvalue weighted by Gasteiger charge is 2.11. The molecule has 0 aliphatic heterocycles. The van der Waals surface area contributed by atoms with Crippen LogP contribution >= 0.6 is 15.9 Å². The Balaban J connectivity index is 2.08. The zero-order chi connectivity index (χ0) is 15.9. The van der Waals surface area contributed by atoms with Crippen LogP contribution in [0.15, 0.2) is 53.0 Å². The van der Waals surface area contributed by atoms with Gasteiger partial charge in [0, 0.05) is 16.1 Å². The summed E-state index contributed by atoms with van der Waals surface area (Å²) in [6.07, 6.45) is 0.307. The average molecular weight is 362 g/mol. The first kappa shape index (κ1) is 16.6. The van der Waals surface area contributed by atoms with E-state index >= 15 is 0 Å². The number of halogens is 1. The molecule has 116 valence electrons. The number of hydrogen-bond acceptors (Lipinski definition) is 2. The predicted octanol–water partition coefficient (Wildman–Crippen LogP) is 4.10. The Hall–Kier alpha value is -1.81. The number of amides is 1. The summed E-state index contributed by atoms with van der Waals surface area (Å²) in [4.78, 5) is 12.0. The van der Waals surface area contributed by atoms with E-state index in [2.05, 4.69) is 21.2 Å². The Morgan fingerprint density at radius 1 is 1.18 bits per heavy atom. The van der Waals surface area contributed by atoms with Crippen molar-refractivity contribution >= 4 is 21.8 Å².